The second-order valence-electron chi connectivity index (χ2n) is 3.63. The van der Waals surface area contributed by atoms with Gasteiger partial charge in [0.15, 0.2) is 0 Å². The van der Waals surface area contributed by atoms with Crippen molar-refractivity contribution in [1.29, 1.82) is 0 Å². The molecule has 0 spiro atoms. The molecule has 1 heterocycles. The number of rotatable bonds is 0. The first-order valence-electron chi connectivity index (χ1n) is 3.34. The van der Waals surface area contributed by atoms with Crippen molar-refractivity contribution in [3.63, 3.8) is 0 Å². The van der Waals surface area contributed by atoms with Crippen LogP contribution in [0.5, 0.6) is 0 Å². The van der Waals surface area contributed by atoms with E-state index in [0.717, 1.165) is 17.6 Å². The minimum Gasteiger partial charge on any atom is -0.326 e. The van der Waals surface area contributed by atoms with Gasteiger partial charge in [-0.25, -0.2) is 0 Å². The highest BCUT2D eigenvalue weighted by Crippen LogP contribution is 2.10. The van der Waals surface area contributed by atoms with Gasteiger partial charge in [0.2, 0.25) is 0 Å². The van der Waals surface area contributed by atoms with E-state index in [2.05, 4.69) is 14.1 Å². The maximum absolute atomic E-state index is 5.71. The molecule has 0 aliphatic carbocycles. The maximum Gasteiger partial charge on any atom is 0.0954 e. The van der Waals surface area contributed by atoms with Crippen LogP contribution in [0.4, 0.5) is 0 Å². The number of quaternary nitrogens is 1. The Labute approximate surface area is 56.2 Å². The minimum absolute atomic E-state index is 0.208. The number of likely N-dealkylation sites (N-methyl/N-ethyl adjacent to an activating group) is 1. The third-order valence-corrected chi connectivity index (χ3v) is 1.96. The first-order chi connectivity index (χ1) is 4.01. The lowest BCUT2D eigenvalue weighted by molar-refractivity contribution is -0.878. The molecule has 1 aliphatic rings. The average molecular weight is 130 g/mol. The van der Waals surface area contributed by atoms with Crippen LogP contribution in [0.3, 0.4) is 0 Å². The summed E-state index contributed by atoms with van der Waals surface area (Å²) in [5, 5.41) is 0. The summed E-state index contributed by atoms with van der Waals surface area (Å²) in [6.07, 6.45) is 0. The molecule has 1 fully saturated rings. The molecule has 1 aliphatic heterocycles. The summed E-state index contributed by atoms with van der Waals surface area (Å²) >= 11 is 0. The molecular formula is C6H16N3+. The summed E-state index contributed by atoms with van der Waals surface area (Å²) in [5.41, 5.74) is 11.4. The molecule has 0 bridgehead atoms. The van der Waals surface area contributed by atoms with Crippen molar-refractivity contribution in [2.24, 2.45) is 11.5 Å². The Balaban J connectivity index is 2.54. The van der Waals surface area contributed by atoms with E-state index >= 15 is 0 Å². The molecule has 0 aromatic rings. The molecule has 2 atom stereocenters. The summed E-state index contributed by atoms with van der Waals surface area (Å²) < 4.78 is 0.975. The third kappa shape index (κ3) is 1.41. The Bertz CT molecular complexity index is 98.9. The highest BCUT2D eigenvalue weighted by atomic mass is 15.3. The largest absolute Gasteiger partial charge is 0.326 e. The summed E-state index contributed by atoms with van der Waals surface area (Å²) in [5.74, 6) is 0. The van der Waals surface area contributed by atoms with Crippen LogP contribution in [0.2, 0.25) is 0 Å². The molecule has 9 heavy (non-hydrogen) atoms. The SMILES string of the molecule is C[N+]1(C)C[C@@H](N)[C@H](N)C1. The van der Waals surface area contributed by atoms with E-state index in [0.29, 0.717) is 0 Å². The van der Waals surface area contributed by atoms with Gasteiger partial charge in [-0.05, 0) is 0 Å². The summed E-state index contributed by atoms with van der Waals surface area (Å²) in [6.45, 7) is 2.03. The highest BCUT2D eigenvalue weighted by molar-refractivity contribution is 4.80. The fourth-order valence-electron chi connectivity index (χ4n) is 1.49. The molecule has 3 nitrogen and oxygen atoms in total. The molecule has 1 rings (SSSR count). The van der Waals surface area contributed by atoms with Crippen LogP contribution >= 0.6 is 0 Å². The zero-order valence-corrected chi connectivity index (χ0v) is 6.17. The maximum atomic E-state index is 5.71. The van der Waals surface area contributed by atoms with Gasteiger partial charge in [0.25, 0.3) is 0 Å². The lowest BCUT2D eigenvalue weighted by atomic mass is 10.2. The van der Waals surface area contributed by atoms with Crippen molar-refractivity contribution in [3.8, 4) is 0 Å². The van der Waals surface area contributed by atoms with Crippen LogP contribution in [0.25, 0.3) is 0 Å². The second kappa shape index (κ2) is 1.94. The van der Waals surface area contributed by atoms with E-state index < -0.39 is 0 Å². The Hall–Kier alpha value is -0.120. The van der Waals surface area contributed by atoms with Crippen molar-refractivity contribution in [1.82, 2.24) is 0 Å². The third-order valence-electron chi connectivity index (χ3n) is 1.96. The van der Waals surface area contributed by atoms with E-state index in [-0.39, 0.29) is 12.1 Å². The van der Waals surface area contributed by atoms with Crippen molar-refractivity contribution in [2.45, 2.75) is 12.1 Å². The van der Waals surface area contributed by atoms with Gasteiger partial charge in [0.05, 0.1) is 39.3 Å². The second-order valence-corrected chi connectivity index (χ2v) is 3.63. The lowest BCUT2D eigenvalue weighted by Crippen LogP contribution is -2.39. The standard InChI is InChI=1S/C6H16N3/c1-9(2)3-5(7)6(8)4-9/h5-6H,3-4,7-8H2,1-2H3/q+1/t5-,6-/m1/s1. The molecule has 54 valence electrons. The van der Waals surface area contributed by atoms with Crippen LogP contribution in [0, 0.1) is 0 Å². The monoisotopic (exact) mass is 130 g/mol. The van der Waals surface area contributed by atoms with E-state index in [9.17, 15) is 0 Å². The molecule has 0 aromatic carbocycles. The topological polar surface area (TPSA) is 52.0 Å². The van der Waals surface area contributed by atoms with Crippen molar-refractivity contribution >= 4 is 0 Å². The fourth-order valence-corrected chi connectivity index (χ4v) is 1.49. The first kappa shape index (κ1) is 6.99. The number of hydrogen-bond donors (Lipinski definition) is 2. The van der Waals surface area contributed by atoms with Gasteiger partial charge in [-0.1, -0.05) is 0 Å². The quantitative estimate of drug-likeness (QED) is 0.402. The number of likely N-dealkylation sites (tertiary alicyclic amines) is 1. The summed E-state index contributed by atoms with van der Waals surface area (Å²) in [6, 6.07) is 0.417. The van der Waals surface area contributed by atoms with E-state index in [1.165, 1.54) is 0 Å². The summed E-state index contributed by atoms with van der Waals surface area (Å²) in [7, 11) is 4.32. The van der Waals surface area contributed by atoms with Crippen LogP contribution < -0.4 is 11.5 Å². The predicted molar refractivity (Wildman–Crippen MR) is 37.8 cm³/mol. The molecule has 0 saturated carbocycles. The Morgan fingerprint density at radius 1 is 1.11 bits per heavy atom. The van der Waals surface area contributed by atoms with Gasteiger partial charge < -0.3 is 16.0 Å². The Morgan fingerprint density at radius 2 is 1.44 bits per heavy atom. The number of nitrogens with zero attached hydrogens (tertiary/aromatic N) is 1. The van der Waals surface area contributed by atoms with Crippen LogP contribution in [-0.2, 0) is 0 Å². The van der Waals surface area contributed by atoms with E-state index in [1.807, 2.05) is 0 Å². The highest BCUT2D eigenvalue weighted by Gasteiger charge is 2.34. The van der Waals surface area contributed by atoms with Crippen LogP contribution in [-0.4, -0.2) is 43.8 Å². The van der Waals surface area contributed by atoms with Crippen molar-refractivity contribution in [3.05, 3.63) is 0 Å². The summed E-state index contributed by atoms with van der Waals surface area (Å²) in [4.78, 5) is 0. The first-order valence-corrected chi connectivity index (χ1v) is 3.34. The Morgan fingerprint density at radius 3 is 1.56 bits per heavy atom. The number of hydrogen-bond acceptors (Lipinski definition) is 2. The molecular weight excluding hydrogens is 114 g/mol. The molecule has 0 amide bonds. The molecule has 0 unspecified atom stereocenters. The normalized spacial score (nSPS) is 41.3. The van der Waals surface area contributed by atoms with Gasteiger partial charge in [-0.2, -0.15) is 0 Å². The molecule has 4 N–H and O–H groups in total. The number of nitrogens with two attached hydrogens (primary N) is 2. The van der Waals surface area contributed by atoms with E-state index in [4.69, 9.17) is 11.5 Å². The van der Waals surface area contributed by atoms with E-state index in [1.54, 1.807) is 0 Å². The molecule has 0 radical (unpaired) electrons. The van der Waals surface area contributed by atoms with Gasteiger partial charge in [-0.3, -0.25) is 0 Å². The van der Waals surface area contributed by atoms with Gasteiger partial charge in [0.1, 0.15) is 0 Å². The molecule has 3 heteroatoms. The molecule has 1 saturated heterocycles. The van der Waals surface area contributed by atoms with Gasteiger partial charge >= 0.3 is 0 Å². The zero-order chi connectivity index (χ0) is 7.07. The van der Waals surface area contributed by atoms with Gasteiger partial charge in [-0.15, -0.1) is 0 Å². The van der Waals surface area contributed by atoms with Crippen molar-refractivity contribution < 1.29 is 4.48 Å². The van der Waals surface area contributed by atoms with Gasteiger partial charge in [0, 0.05) is 0 Å². The lowest BCUT2D eigenvalue weighted by Gasteiger charge is -2.22. The smallest absolute Gasteiger partial charge is 0.0954 e. The molecule has 0 aromatic heterocycles. The minimum atomic E-state index is 0.208. The Kier molecular flexibility index (Phi) is 1.50. The van der Waals surface area contributed by atoms with Crippen LogP contribution in [0.15, 0.2) is 0 Å². The van der Waals surface area contributed by atoms with Crippen molar-refractivity contribution in [2.75, 3.05) is 27.2 Å². The fraction of sp³-hybridized carbons (Fsp3) is 1.00. The zero-order valence-electron chi connectivity index (χ0n) is 6.17. The predicted octanol–water partition coefficient (Wildman–Crippen LogP) is -1.27. The average Bonchev–Trinajstić information content (AvgIpc) is 1.79. The van der Waals surface area contributed by atoms with Crippen LogP contribution in [0.1, 0.15) is 0 Å².